The number of thioether (sulfide) groups is 1. The molecular weight excluding hydrogens is 314 g/mol. The number of carbonyl (C=O) groups excluding carboxylic acids is 1. The van der Waals surface area contributed by atoms with Crippen molar-refractivity contribution in [3.05, 3.63) is 108 Å². The predicted molar refractivity (Wildman–Crippen MR) is 101 cm³/mol. The zero-order chi connectivity index (χ0) is 16.8. The van der Waals surface area contributed by atoms with Crippen molar-refractivity contribution < 1.29 is 4.79 Å². The lowest BCUT2D eigenvalue weighted by Gasteiger charge is -2.35. The van der Waals surface area contributed by atoms with Crippen molar-refractivity contribution in [1.82, 2.24) is 0 Å². The second-order valence-corrected chi connectivity index (χ2v) is 6.72. The number of carbonyl (C=O) groups is 1. The number of amides is 1. The van der Waals surface area contributed by atoms with Gasteiger partial charge in [-0.05, 0) is 16.7 Å². The fourth-order valence-electron chi connectivity index (χ4n) is 2.95. The first-order chi connectivity index (χ1) is 11.7. The lowest BCUT2D eigenvalue weighted by Crippen LogP contribution is -2.28. The van der Waals surface area contributed by atoms with E-state index in [0.717, 1.165) is 16.7 Å². The molecule has 0 spiro atoms. The van der Waals surface area contributed by atoms with Crippen LogP contribution in [0.2, 0.25) is 0 Å². The van der Waals surface area contributed by atoms with Crippen LogP contribution in [0.15, 0.2) is 91.0 Å². The molecule has 0 saturated heterocycles. The van der Waals surface area contributed by atoms with Crippen LogP contribution < -0.4 is 5.73 Å². The van der Waals surface area contributed by atoms with Gasteiger partial charge < -0.3 is 5.73 Å². The molecule has 120 valence electrons. The molecule has 3 rings (SSSR count). The van der Waals surface area contributed by atoms with Gasteiger partial charge in [0.15, 0.2) is 0 Å². The molecule has 0 bridgehead atoms. The lowest BCUT2D eigenvalue weighted by atomic mass is 9.84. The van der Waals surface area contributed by atoms with Crippen LogP contribution in [0.25, 0.3) is 0 Å². The highest BCUT2D eigenvalue weighted by Gasteiger charge is 2.37. The van der Waals surface area contributed by atoms with Crippen molar-refractivity contribution in [3.63, 3.8) is 0 Å². The Bertz CT molecular complexity index is 691. The van der Waals surface area contributed by atoms with Crippen molar-refractivity contribution in [3.8, 4) is 0 Å². The third-order valence-corrected chi connectivity index (χ3v) is 5.54. The van der Waals surface area contributed by atoms with Crippen molar-refractivity contribution in [1.29, 1.82) is 0 Å². The molecule has 0 fully saturated rings. The molecule has 0 saturated carbocycles. The number of nitrogens with two attached hydrogens (primary N) is 1. The molecule has 0 aliphatic carbocycles. The highest BCUT2D eigenvalue weighted by atomic mass is 32.2. The minimum atomic E-state index is -0.473. The average Bonchev–Trinajstić information content (AvgIpc) is 2.65. The monoisotopic (exact) mass is 333 g/mol. The van der Waals surface area contributed by atoms with E-state index in [4.69, 9.17) is 5.73 Å². The van der Waals surface area contributed by atoms with Crippen LogP contribution in [-0.2, 0) is 9.54 Å². The van der Waals surface area contributed by atoms with Crippen LogP contribution in [-0.4, -0.2) is 11.7 Å². The third kappa shape index (κ3) is 3.22. The van der Waals surface area contributed by atoms with Crippen LogP contribution in [0.3, 0.4) is 0 Å². The maximum atomic E-state index is 11.5. The van der Waals surface area contributed by atoms with Gasteiger partial charge >= 0.3 is 0 Å². The molecular formula is C21H19NOS. The number of primary amides is 1. The van der Waals surface area contributed by atoms with Crippen molar-refractivity contribution in [2.75, 3.05) is 5.75 Å². The molecule has 0 heterocycles. The topological polar surface area (TPSA) is 43.1 Å². The minimum absolute atomic E-state index is 0.249. The SMILES string of the molecule is NC(=O)CSC(c1ccccc1)(c1ccccc1)c1ccccc1. The van der Waals surface area contributed by atoms with E-state index in [1.54, 1.807) is 11.8 Å². The molecule has 3 aromatic rings. The van der Waals surface area contributed by atoms with Gasteiger partial charge in [0.05, 0.1) is 10.5 Å². The molecule has 3 aromatic carbocycles. The first-order valence-corrected chi connectivity index (χ1v) is 8.81. The number of benzene rings is 3. The summed E-state index contributed by atoms with van der Waals surface area (Å²) in [7, 11) is 0. The first-order valence-electron chi connectivity index (χ1n) is 7.82. The third-order valence-electron chi connectivity index (χ3n) is 3.97. The molecule has 0 radical (unpaired) electrons. The smallest absolute Gasteiger partial charge is 0.227 e. The fourth-order valence-corrected chi connectivity index (χ4v) is 4.21. The zero-order valence-electron chi connectivity index (χ0n) is 13.3. The molecule has 2 N–H and O–H groups in total. The van der Waals surface area contributed by atoms with Gasteiger partial charge in [0.1, 0.15) is 0 Å². The summed E-state index contributed by atoms with van der Waals surface area (Å²) in [5.41, 5.74) is 8.87. The van der Waals surface area contributed by atoms with E-state index in [0.29, 0.717) is 0 Å². The summed E-state index contributed by atoms with van der Waals surface area (Å²) in [6, 6.07) is 30.8. The Balaban J connectivity index is 2.26. The van der Waals surface area contributed by atoms with Gasteiger partial charge in [-0.2, -0.15) is 0 Å². The molecule has 3 heteroatoms. The van der Waals surface area contributed by atoms with Crippen LogP contribution in [0, 0.1) is 0 Å². The van der Waals surface area contributed by atoms with E-state index in [2.05, 4.69) is 36.4 Å². The number of rotatable bonds is 6. The van der Waals surface area contributed by atoms with E-state index < -0.39 is 4.75 Å². The second-order valence-electron chi connectivity index (χ2n) is 5.53. The van der Waals surface area contributed by atoms with Crippen LogP contribution >= 0.6 is 11.8 Å². The van der Waals surface area contributed by atoms with Gasteiger partial charge in [-0.15, -0.1) is 11.8 Å². The molecule has 0 atom stereocenters. The molecule has 24 heavy (non-hydrogen) atoms. The maximum Gasteiger partial charge on any atom is 0.227 e. The molecule has 0 aromatic heterocycles. The highest BCUT2D eigenvalue weighted by molar-refractivity contribution is 8.01. The Labute approximate surface area is 146 Å². The van der Waals surface area contributed by atoms with E-state index in [1.807, 2.05) is 54.6 Å². The molecule has 1 amide bonds. The Hall–Kier alpha value is -2.52. The van der Waals surface area contributed by atoms with Gasteiger partial charge in [-0.3, -0.25) is 4.79 Å². The summed E-state index contributed by atoms with van der Waals surface area (Å²) in [4.78, 5) is 11.5. The zero-order valence-corrected chi connectivity index (χ0v) is 14.1. The summed E-state index contributed by atoms with van der Waals surface area (Å²) < 4.78 is -0.473. The van der Waals surface area contributed by atoms with Crippen LogP contribution in [0.1, 0.15) is 16.7 Å². The van der Waals surface area contributed by atoms with E-state index >= 15 is 0 Å². The van der Waals surface area contributed by atoms with Crippen molar-refractivity contribution >= 4 is 17.7 Å². The summed E-state index contributed by atoms with van der Waals surface area (Å²) in [6.07, 6.45) is 0. The largest absolute Gasteiger partial charge is 0.369 e. The van der Waals surface area contributed by atoms with E-state index in [9.17, 15) is 4.79 Å². The summed E-state index contributed by atoms with van der Waals surface area (Å²) >= 11 is 1.56. The Morgan fingerprint density at radius 3 is 1.33 bits per heavy atom. The highest BCUT2D eigenvalue weighted by Crippen LogP contribution is 2.48. The molecule has 0 aliphatic heterocycles. The van der Waals surface area contributed by atoms with E-state index in [1.165, 1.54) is 0 Å². The Morgan fingerprint density at radius 2 is 1.04 bits per heavy atom. The van der Waals surface area contributed by atoms with Gasteiger partial charge in [-0.1, -0.05) is 91.0 Å². The summed E-state index contributed by atoms with van der Waals surface area (Å²) in [5.74, 6) is -0.0641. The maximum absolute atomic E-state index is 11.5. The van der Waals surface area contributed by atoms with Crippen LogP contribution in [0.5, 0.6) is 0 Å². The standard InChI is InChI=1S/C21H19NOS/c22-20(23)16-24-21(17-10-4-1-5-11-17,18-12-6-2-7-13-18)19-14-8-3-9-15-19/h1-15H,16H2,(H2,22,23). The lowest BCUT2D eigenvalue weighted by molar-refractivity contribution is -0.115. The number of hydrogen-bond donors (Lipinski definition) is 1. The molecule has 0 unspecified atom stereocenters. The molecule has 2 nitrogen and oxygen atoms in total. The predicted octanol–water partition coefficient (Wildman–Crippen LogP) is 4.20. The Morgan fingerprint density at radius 1 is 0.708 bits per heavy atom. The minimum Gasteiger partial charge on any atom is -0.369 e. The van der Waals surface area contributed by atoms with Crippen LogP contribution in [0.4, 0.5) is 0 Å². The van der Waals surface area contributed by atoms with E-state index in [-0.39, 0.29) is 11.7 Å². The normalized spacial score (nSPS) is 11.2. The van der Waals surface area contributed by atoms with Crippen molar-refractivity contribution in [2.45, 2.75) is 4.75 Å². The number of hydrogen-bond acceptors (Lipinski definition) is 2. The average molecular weight is 333 g/mol. The van der Waals surface area contributed by atoms with Crippen molar-refractivity contribution in [2.24, 2.45) is 5.73 Å². The summed E-state index contributed by atoms with van der Waals surface area (Å²) in [6.45, 7) is 0. The van der Waals surface area contributed by atoms with Gasteiger partial charge in [0.2, 0.25) is 5.91 Å². The second kappa shape index (κ2) is 7.37. The van der Waals surface area contributed by atoms with Gasteiger partial charge in [-0.25, -0.2) is 0 Å². The van der Waals surface area contributed by atoms with Gasteiger partial charge in [0, 0.05) is 0 Å². The Kier molecular flexibility index (Phi) is 5.02. The molecule has 0 aliphatic rings. The summed E-state index contributed by atoms with van der Waals surface area (Å²) in [5, 5.41) is 0. The first kappa shape index (κ1) is 16.3. The quantitative estimate of drug-likeness (QED) is 0.687. The fraction of sp³-hybridized carbons (Fsp3) is 0.0952. The van der Waals surface area contributed by atoms with Gasteiger partial charge in [0.25, 0.3) is 0 Å².